The third kappa shape index (κ3) is 10.2. The molecule has 0 radical (unpaired) electrons. The number of carbonyl (C=O) groups is 3. The molecule has 1 atom stereocenters. The molecule has 0 bridgehead atoms. The Labute approximate surface area is 171 Å². The Kier molecular flexibility index (Phi) is 11.9. The number of oxime groups is 1. The topological polar surface area (TPSA) is 136 Å². The molecule has 0 spiro atoms. The molecule has 1 heterocycles. The van der Waals surface area contributed by atoms with Crippen LogP contribution >= 0.6 is 23.1 Å². The van der Waals surface area contributed by atoms with Gasteiger partial charge in [-0.2, -0.15) is 11.8 Å². The van der Waals surface area contributed by atoms with Crippen molar-refractivity contribution in [2.24, 2.45) is 10.9 Å². The van der Waals surface area contributed by atoms with Crippen molar-refractivity contribution in [3.05, 3.63) is 11.6 Å². The highest BCUT2D eigenvalue weighted by molar-refractivity contribution is 7.99. The number of esters is 1. The predicted octanol–water partition coefficient (Wildman–Crippen LogP) is 0.238. The van der Waals surface area contributed by atoms with Gasteiger partial charge in [0, 0.05) is 50.0 Å². The average Bonchev–Trinajstić information content (AvgIpc) is 3.15. The van der Waals surface area contributed by atoms with Gasteiger partial charge in [-0.3, -0.25) is 9.59 Å². The minimum Gasteiger partial charge on any atom is -0.464 e. The van der Waals surface area contributed by atoms with Gasteiger partial charge in [0.15, 0.2) is 5.13 Å². The highest BCUT2D eigenvalue weighted by atomic mass is 32.2. The van der Waals surface area contributed by atoms with Crippen LogP contribution in [-0.4, -0.2) is 72.8 Å². The molecular weight excluding hydrogens is 406 g/mol. The normalized spacial score (nSPS) is 11.9. The third-order valence-corrected chi connectivity index (χ3v) is 5.05. The van der Waals surface area contributed by atoms with Crippen molar-refractivity contribution in [3.8, 4) is 0 Å². The number of hydrogen-bond donors (Lipinski definition) is 2. The number of nitrogens with one attached hydrogen (secondary N) is 1. The third-order valence-electron chi connectivity index (χ3n) is 3.20. The van der Waals surface area contributed by atoms with Crippen LogP contribution in [0.1, 0.15) is 13.8 Å². The molecule has 156 valence electrons. The van der Waals surface area contributed by atoms with Gasteiger partial charge >= 0.3 is 11.9 Å². The molecule has 1 aromatic rings. The fourth-order valence-electron chi connectivity index (χ4n) is 2.01. The molecule has 0 unspecified atom stereocenters. The van der Waals surface area contributed by atoms with Crippen molar-refractivity contribution in [1.82, 2.24) is 10.3 Å². The van der Waals surface area contributed by atoms with E-state index in [1.54, 1.807) is 28.2 Å². The summed E-state index contributed by atoms with van der Waals surface area (Å²) in [5.74, 6) is -0.110. The summed E-state index contributed by atoms with van der Waals surface area (Å²) in [6, 6.07) is -0.572. The second-order valence-electron chi connectivity index (χ2n) is 5.42. The minimum atomic E-state index is -0.572. The van der Waals surface area contributed by atoms with E-state index in [2.05, 4.69) is 20.3 Å². The molecule has 28 heavy (non-hydrogen) atoms. The number of primary amides is 1. The number of aromatic nitrogens is 1. The first-order valence-corrected chi connectivity index (χ1v) is 10.5. The number of nitrogens with two attached hydrogens (primary N) is 1. The fraction of sp³-hybridized carbons (Fsp3) is 0.562. The van der Waals surface area contributed by atoms with E-state index in [1.807, 2.05) is 0 Å². The first kappa shape index (κ1) is 23.9. The maximum atomic E-state index is 12.0. The van der Waals surface area contributed by atoms with Gasteiger partial charge < -0.3 is 25.5 Å². The summed E-state index contributed by atoms with van der Waals surface area (Å²) in [7, 11) is 0. The molecule has 0 aromatic carbocycles. The quantitative estimate of drug-likeness (QED) is 0.139. The first-order chi connectivity index (χ1) is 13.4. The smallest absolute Gasteiger partial charge is 0.331 e. The van der Waals surface area contributed by atoms with E-state index < -0.39 is 17.9 Å². The fourth-order valence-corrected chi connectivity index (χ4v) is 3.75. The number of carbonyl (C=O) groups excluding carboxylic acids is 3. The molecule has 0 aliphatic carbocycles. The Hall–Kier alpha value is -2.18. The zero-order valence-corrected chi connectivity index (χ0v) is 17.5. The van der Waals surface area contributed by atoms with Crippen LogP contribution in [0, 0.1) is 0 Å². The molecule has 0 saturated heterocycles. The Bertz CT molecular complexity index is 641. The molecule has 12 heteroatoms. The van der Waals surface area contributed by atoms with E-state index in [1.165, 1.54) is 31.4 Å². The lowest BCUT2D eigenvalue weighted by molar-refractivity contribution is -0.141. The number of rotatable bonds is 14. The molecule has 0 fully saturated rings. The minimum absolute atomic E-state index is 0.145. The number of anilines is 1. The van der Waals surface area contributed by atoms with Gasteiger partial charge in [-0.05, 0) is 0 Å². The van der Waals surface area contributed by atoms with Crippen LogP contribution in [0.5, 0.6) is 0 Å². The van der Waals surface area contributed by atoms with Crippen LogP contribution in [0.15, 0.2) is 16.7 Å². The molecule has 0 aliphatic heterocycles. The number of thiazole rings is 1. The van der Waals surface area contributed by atoms with Gasteiger partial charge in [-0.15, -0.1) is 11.3 Å². The first-order valence-electron chi connectivity index (χ1n) is 8.48. The van der Waals surface area contributed by atoms with Crippen LogP contribution in [0.3, 0.4) is 0 Å². The highest BCUT2D eigenvalue weighted by Gasteiger charge is 2.26. The zero-order valence-electron chi connectivity index (χ0n) is 15.8. The van der Waals surface area contributed by atoms with E-state index in [9.17, 15) is 14.4 Å². The standard InChI is InChI=1S/C16H25N5O5S2/c1-12(22)25-8-7-21(16-19-6-10-28-16)14(15(17)24)11-27-9-5-18-3-4-20-26-13(2)23/h4,6,10,14,18H,3,5,7-9,11H2,1-2H3,(H2,17,24)/t14-/m0/s1. The largest absolute Gasteiger partial charge is 0.464 e. The molecular formula is C16H25N5O5S2. The van der Waals surface area contributed by atoms with E-state index in [-0.39, 0.29) is 12.6 Å². The second-order valence-corrected chi connectivity index (χ2v) is 7.44. The van der Waals surface area contributed by atoms with Crippen LogP contribution in [0.4, 0.5) is 5.13 Å². The van der Waals surface area contributed by atoms with Gasteiger partial charge in [0.2, 0.25) is 5.91 Å². The number of nitrogens with zero attached hydrogens (tertiary/aromatic N) is 3. The van der Waals surface area contributed by atoms with Crippen molar-refractivity contribution in [2.75, 3.05) is 42.6 Å². The van der Waals surface area contributed by atoms with Gasteiger partial charge in [0.05, 0.1) is 12.8 Å². The lowest BCUT2D eigenvalue weighted by Gasteiger charge is -2.29. The van der Waals surface area contributed by atoms with Crippen molar-refractivity contribution >= 4 is 52.3 Å². The van der Waals surface area contributed by atoms with Crippen molar-refractivity contribution in [1.29, 1.82) is 0 Å². The molecule has 1 amide bonds. The lowest BCUT2D eigenvalue weighted by atomic mass is 10.3. The Morgan fingerprint density at radius 3 is 2.82 bits per heavy atom. The van der Waals surface area contributed by atoms with Gasteiger partial charge in [-0.25, -0.2) is 9.78 Å². The van der Waals surface area contributed by atoms with Gasteiger partial charge in [-0.1, -0.05) is 5.16 Å². The Morgan fingerprint density at radius 2 is 2.21 bits per heavy atom. The van der Waals surface area contributed by atoms with E-state index in [4.69, 9.17) is 10.5 Å². The van der Waals surface area contributed by atoms with Crippen LogP contribution < -0.4 is 16.0 Å². The predicted molar refractivity (Wildman–Crippen MR) is 110 cm³/mol. The SMILES string of the molecule is CC(=O)OCCN(c1nccs1)[C@@H](CSCCNCC=NOC(C)=O)C(N)=O. The summed E-state index contributed by atoms with van der Waals surface area (Å²) in [5.41, 5.74) is 5.60. The molecule has 0 saturated carbocycles. The Morgan fingerprint density at radius 1 is 1.43 bits per heavy atom. The van der Waals surface area contributed by atoms with E-state index in [0.29, 0.717) is 30.5 Å². The number of ether oxygens (including phenoxy) is 1. The number of hydrogen-bond acceptors (Lipinski definition) is 11. The van der Waals surface area contributed by atoms with Gasteiger partial charge in [0.25, 0.3) is 0 Å². The summed E-state index contributed by atoms with van der Waals surface area (Å²) in [5, 5.41) is 9.04. The summed E-state index contributed by atoms with van der Waals surface area (Å²) >= 11 is 2.95. The van der Waals surface area contributed by atoms with E-state index in [0.717, 1.165) is 5.75 Å². The molecule has 0 aliphatic rings. The monoisotopic (exact) mass is 431 g/mol. The van der Waals surface area contributed by atoms with Crippen LogP contribution in [-0.2, 0) is 24.0 Å². The summed E-state index contributed by atoms with van der Waals surface area (Å²) < 4.78 is 4.99. The second kappa shape index (κ2) is 13.9. The van der Waals surface area contributed by atoms with Gasteiger partial charge in [0.1, 0.15) is 12.6 Å². The van der Waals surface area contributed by atoms with Crippen molar-refractivity contribution in [3.63, 3.8) is 0 Å². The maximum absolute atomic E-state index is 12.0. The van der Waals surface area contributed by atoms with Crippen molar-refractivity contribution < 1.29 is 24.0 Å². The number of amides is 1. The summed E-state index contributed by atoms with van der Waals surface area (Å²) in [4.78, 5) is 44.0. The molecule has 10 nitrogen and oxygen atoms in total. The molecule has 1 aromatic heterocycles. The van der Waals surface area contributed by atoms with Crippen LogP contribution in [0.2, 0.25) is 0 Å². The summed E-state index contributed by atoms with van der Waals surface area (Å²) in [6.45, 7) is 4.21. The molecule has 3 N–H and O–H groups in total. The Balaban J connectivity index is 2.45. The van der Waals surface area contributed by atoms with E-state index >= 15 is 0 Å². The summed E-state index contributed by atoms with van der Waals surface area (Å²) in [6.07, 6.45) is 3.10. The van der Waals surface area contributed by atoms with Crippen molar-refractivity contribution in [2.45, 2.75) is 19.9 Å². The number of thioether (sulfide) groups is 1. The molecule has 1 rings (SSSR count). The zero-order chi connectivity index (χ0) is 20.8. The average molecular weight is 432 g/mol. The highest BCUT2D eigenvalue weighted by Crippen LogP contribution is 2.21. The van der Waals surface area contributed by atoms with Crippen LogP contribution in [0.25, 0.3) is 0 Å². The lowest BCUT2D eigenvalue weighted by Crippen LogP contribution is -2.48. The maximum Gasteiger partial charge on any atom is 0.331 e.